The van der Waals surface area contributed by atoms with Gasteiger partial charge in [0, 0.05) is 17.3 Å². The van der Waals surface area contributed by atoms with Gasteiger partial charge < -0.3 is 10.1 Å². The van der Waals surface area contributed by atoms with Crippen molar-refractivity contribution in [2.75, 3.05) is 17.1 Å². The Labute approximate surface area is 161 Å². The molecule has 0 saturated carbocycles. The highest BCUT2D eigenvalue weighted by atomic mass is 32.2. The van der Waals surface area contributed by atoms with Crippen molar-refractivity contribution in [3.63, 3.8) is 0 Å². The van der Waals surface area contributed by atoms with Crippen LogP contribution in [0.1, 0.15) is 10.4 Å². The van der Waals surface area contributed by atoms with Crippen LogP contribution in [0.3, 0.4) is 0 Å². The summed E-state index contributed by atoms with van der Waals surface area (Å²) in [5.41, 5.74) is 0.793. The fraction of sp³-hybridized carbons (Fsp3) is 0.0526. The Morgan fingerprint density at radius 2 is 1.75 bits per heavy atom. The maximum Gasteiger partial charge on any atom is 0.261 e. The Morgan fingerprint density at radius 1 is 1.04 bits per heavy atom. The van der Waals surface area contributed by atoms with Crippen LogP contribution in [0.15, 0.2) is 71.8 Å². The average molecular weight is 401 g/mol. The van der Waals surface area contributed by atoms with Crippen molar-refractivity contribution in [1.29, 1.82) is 0 Å². The molecule has 1 heterocycles. The van der Waals surface area contributed by atoms with E-state index in [9.17, 15) is 17.6 Å². The number of rotatable bonds is 6. The van der Waals surface area contributed by atoms with Gasteiger partial charge in [-0.3, -0.25) is 9.52 Å². The number of nitrogens with zero attached hydrogens (tertiary/aromatic N) is 1. The van der Waals surface area contributed by atoms with E-state index in [2.05, 4.69) is 15.0 Å². The van der Waals surface area contributed by atoms with Crippen molar-refractivity contribution in [2.24, 2.45) is 0 Å². The van der Waals surface area contributed by atoms with Gasteiger partial charge in [0.05, 0.1) is 23.9 Å². The Hall–Kier alpha value is -3.46. The van der Waals surface area contributed by atoms with Gasteiger partial charge in [0.25, 0.3) is 15.9 Å². The number of anilines is 2. The fourth-order valence-corrected chi connectivity index (χ4v) is 3.42. The van der Waals surface area contributed by atoms with Crippen LogP contribution < -0.4 is 14.8 Å². The molecule has 0 fully saturated rings. The lowest BCUT2D eigenvalue weighted by Crippen LogP contribution is -2.16. The van der Waals surface area contributed by atoms with Gasteiger partial charge in [-0.15, -0.1) is 0 Å². The normalized spacial score (nSPS) is 10.9. The highest BCUT2D eigenvalue weighted by Crippen LogP contribution is 2.19. The summed E-state index contributed by atoms with van der Waals surface area (Å²) < 4.78 is 45.3. The van der Waals surface area contributed by atoms with E-state index >= 15 is 0 Å². The second-order valence-corrected chi connectivity index (χ2v) is 7.37. The van der Waals surface area contributed by atoms with Crippen LogP contribution in [0.4, 0.5) is 15.8 Å². The molecule has 1 aromatic heterocycles. The zero-order valence-electron chi connectivity index (χ0n) is 14.7. The summed E-state index contributed by atoms with van der Waals surface area (Å²) in [4.78, 5) is 16.3. The highest BCUT2D eigenvalue weighted by Gasteiger charge is 2.17. The number of halogens is 1. The number of ether oxygens (including phenoxy) is 1. The van der Waals surface area contributed by atoms with Crippen LogP contribution in [0.25, 0.3) is 0 Å². The molecule has 0 aliphatic carbocycles. The number of amides is 1. The van der Waals surface area contributed by atoms with E-state index < -0.39 is 21.7 Å². The van der Waals surface area contributed by atoms with Crippen LogP contribution in [-0.4, -0.2) is 26.4 Å². The minimum atomic E-state index is -3.95. The lowest BCUT2D eigenvalue weighted by atomic mass is 10.2. The lowest BCUT2D eigenvalue weighted by Gasteiger charge is -2.10. The molecule has 2 aromatic carbocycles. The molecule has 2 N–H and O–H groups in total. The highest BCUT2D eigenvalue weighted by molar-refractivity contribution is 7.92. The molecule has 3 aromatic rings. The first kappa shape index (κ1) is 19.3. The first-order valence-corrected chi connectivity index (χ1v) is 9.55. The molecule has 0 aliphatic heterocycles. The quantitative estimate of drug-likeness (QED) is 0.661. The van der Waals surface area contributed by atoms with Gasteiger partial charge in [0.15, 0.2) is 0 Å². The minimum absolute atomic E-state index is 0.0997. The number of benzene rings is 2. The summed E-state index contributed by atoms with van der Waals surface area (Å²) >= 11 is 0. The number of pyridine rings is 1. The van der Waals surface area contributed by atoms with E-state index in [1.807, 2.05) is 0 Å². The maximum absolute atomic E-state index is 13.0. The van der Waals surface area contributed by atoms with Crippen molar-refractivity contribution in [1.82, 2.24) is 4.98 Å². The topological polar surface area (TPSA) is 97.4 Å². The molecule has 3 rings (SSSR count). The lowest BCUT2D eigenvalue weighted by molar-refractivity contribution is 0.102. The largest absolute Gasteiger partial charge is 0.481 e. The van der Waals surface area contributed by atoms with Gasteiger partial charge >= 0.3 is 0 Å². The number of sulfonamides is 1. The van der Waals surface area contributed by atoms with Crippen molar-refractivity contribution in [3.05, 3.63) is 78.2 Å². The number of hydrogen-bond acceptors (Lipinski definition) is 5. The van der Waals surface area contributed by atoms with Crippen molar-refractivity contribution in [3.8, 4) is 5.88 Å². The van der Waals surface area contributed by atoms with Gasteiger partial charge in [-0.05, 0) is 48.5 Å². The summed E-state index contributed by atoms with van der Waals surface area (Å²) in [6.45, 7) is 0. The number of nitrogens with one attached hydrogen (secondary N) is 2. The molecule has 9 heteroatoms. The standard InChI is InChI=1S/C19H16FN3O4S/c1-27-18-10-9-16(12-21-18)22-19(24)13-3-2-4-17(11-13)28(25,26)23-15-7-5-14(20)6-8-15/h2-12,23H,1H3,(H,22,24). The smallest absolute Gasteiger partial charge is 0.261 e. The predicted octanol–water partition coefficient (Wildman–Crippen LogP) is 3.28. The summed E-state index contributed by atoms with van der Waals surface area (Å²) in [7, 11) is -2.47. The van der Waals surface area contributed by atoms with Crippen LogP contribution in [-0.2, 0) is 10.0 Å². The molecule has 0 aliphatic rings. The molecule has 28 heavy (non-hydrogen) atoms. The molecule has 0 atom stereocenters. The van der Waals surface area contributed by atoms with E-state index in [-0.39, 0.29) is 16.1 Å². The third kappa shape index (κ3) is 4.63. The van der Waals surface area contributed by atoms with Crippen LogP contribution in [0, 0.1) is 5.82 Å². The zero-order chi connectivity index (χ0) is 20.1. The summed E-state index contributed by atoms with van der Waals surface area (Å²) in [5.74, 6) is -0.571. The van der Waals surface area contributed by atoms with Gasteiger partial charge in [-0.1, -0.05) is 6.07 Å². The molecule has 0 radical (unpaired) electrons. The molecular weight excluding hydrogens is 385 g/mol. The molecule has 0 bridgehead atoms. The third-order valence-corrected chi connectivity index (χ3v) is 5.09. The summed E-state index contributed by atoms with van der Waals surface area (Å²) in [6, 6.07) is 13.7. The number of aromatic nitrogens is 1. The summed E-state index contributed by atoms with van der Waals surface area (Å²) in [5, 5.41) is 2.63. The first-order chi connectivity index (χ1) is 13.4. The van der Waals surface area contributed by atoms with Gasteiger partial charge in [-0.2, -0.15) is 0 Å². The molecule has 0 unspecified atom stereocenters. The predicted molar refractivity (Wildman–Crippen MR) is 102 cm³/mol. The second-order valence-electron chi connectivity index (χ2n) is 5.68. The monoisotopic (exact) mass is 401 g/mol. The molecule has 0 saturated heterocycles. The first-order valence-electron chi connectivity index (χ1n) is 8.07. The fourth-order valence-electron chi connectivity index (χ4n) is 2.31. The molecule has 7 nitrogen and oxygen atoms in total. The van der Waals surface area contributed by atoms with Crippen LogP contribution in [0.2, 0.25) is 0 Å². The van der Waals surface area contributed by atoms with Crippen LogP contribution >= 0.6 is 0 Å². The zero-order valence-corrected chi connectivity index (χ0v) is 15.5. The van der Waals surface area contributed by atoms with E-state index in [0.29, 0.717) is 11.6 Å². The van der Waals surface area contributed by atoms with Crippen molar-refractivity contribution >= 4 is 27.3 Å². The molecule has 0 spiro atoms. The third-order valence-electron chi connectivity index (χ3n) is 3.71. The molecular formula is C19H16FN3O4S. The Balaban J connectivity index is 1.78. The van der Waals surface area contributed by atoms with Gasteiger partial charge in [0.2, 0.25) is 5.88 Å². The Bertz CT molecular complexity index is 1080. The SMILES string of the molecule is COc1ccc(NC(=O)c2cccc(S(=O)(=O)Nc3ccc(F)cc3)c2)cn1. The van der Waals surface area contributed by atoms with E-state index in [0.717, 1.165) is 12.1 Å². The maximum atomic E-state index is 13.0. The number of methoxy groups -OCH3 is 1. The number of hydrogen-bond donors (Lipinski definition) is 2. The van der Waals surface area contributed by atoms with E-state index in [1.165, 1.54) is 49.7 Å². The molecule has 144 valence electrons. The van der Waals surface area contributed by atoms with Crippen LogP contribution in [0.5, 0.6) is 5.88 Å². The van der Waals surface area contributed by atoms with Gasteiger partial charge in [0.1, 0.15) is 5.82 Å². The second kappa shape index (κ2) is 8.05. The minimum Gasteiger partial charge on any atom is -0.481 e. The summed E-state index contributed by atoms with van der Waals surface area (Å²) in [6.07, 6.45) is 1.42. The number of carbonyl (C=O) groups excluding carboxylic acids is 1. The van der Waals surface area contributed by atoms with E-state index in [1.54, 1.807) is 12.1 Å². The average Bonchev–Trinajstić information content (AvgIpc) is 2.70. The molecule has 1 amide bonds. The Morgan fingerprint density at radius 3 is 2.39 bits per heavy atom. The van der Waals surface area contributed by atoms with Gasteiger partial charge in [-0.25, -0.2) is 17.8 Å². The van der Waals surface area contributed by atoms with Crippen molar-refractivity contribution < 1.29 is 22.3 Å². The van der Waals surface area contributed by atoms with Crippen molar-refractivity contribution in [2.45, 2.75) is 4.90 Å². The van der Waals surface area contributed by atoms with E-state index in [4.69, 9.17) is 4.74 Å². The Kier molecular flexibility index (Phi) is 5.55. The number of carbonyl (C=O) groups is 1.